The minimum Gasteiger partial charge on any atom is -0.348 e. The van der Waals surface area contributed by atoms with Gasteiger partial charge >= 0.3 is 0 Å². The monoisotopic (exact) mass is 309 g/mol. The second-order valence-electron chi connectivity index (χ2n) is 5.68. The third-order valence-corrected chi connectivity index (χ3v) is 4.57. The Bertz CT molecular complexity index is 538. The lowest BCUT2D eigenvalue weighted by atomic mass is 9.99. The van der Waals surface area contributed by atoms with E-state index >= 15 is 0 Å². The normalized spacial score (nSPS) is 25.4. The molecule has 1 aromatic rings. The van der Waals surface area contributed by atoms with Gasteiger partial charge in [-0.05, 0) is 37.9 Å². The van der Waals surface area contributed by atoms with Crippen molar-refractivity contribution in [3.05, 3.63) is 22.8 Å². The average molecular weight is 310 g/mol. The maximum atomic E-state index is 12.4. The number of aromatic nitrogens is 1. The highest BCUT2D eigenvalue weighted by Crippen LogP contribution is 2.27. The number of nitrogens with zero attached hydrogens (tertiary/aromatic N) is 2. The number of hydrogen-bond donors (Lipinski definition) is 3. The highest BCUT2D eigenvalue weighted by atomic mass is 35.5. The molecule has 0 bridgehead atoms. The van der Waals surface area contributed by atoms with Crippen LogP contribution in [-0.2, 0) is 0 Å². The maximum Gasteiger partial charge on any atom is 0.251 e. The summed E-state index contributed by atoms with van der Waals surface area (Å²) < 4.78 is 0. The summed E-state index contributed by atoms with van der Waals surface area (Å²) >= 11 is 5.91. The SMILES string of the molecule is NNc1cc(C(=O)NC2CCN3CCCCC23)cc(Cl)n1. The lowest BCUT2D eigenvalue weighted by Crippen LogP contribution is -2.46. The molecule has 6 nitrogen and oxygen atoms in total. The molecule has 1 aromatic heterocycles. The van der Waals surface area contributed by atoms with Gasteiger partial charge in [0.15, 0.2) is 0 Å². The molecule has 0 saturated carbocycles. The number of nitrogens with two attached hydrogens (primary N) is 1. The number of nitrogens with one attached hydrogen (secondary N) is 2. The van der Waals surface area contributed by atoms with E-state index in [1.165, 1.54) is 12.8 Å². The topological polar surface area (TPSA) is 83.3 Å². The van der Waals surface area contributed by atoms with Gasteiger partial charge in [-0.3, -0.25) is 9.69 Å². The molecule has 2 aliphatic heterocycles. The molecule has 2 saturated heterocycles. The predicted molar refractivity (Wildman–Crippen MR) is 82.1 cm³/mol. The first-order valence-corrected chi connectivity index (χ1v) is 7.74. The molecule has 21 heavy (non-hydrogen) atoms. The number of halogens is 1. The Morgan fingerprint density at radius 1 is 1.33 bits per heavy atom. The lowest BCUT2D eigenvalue weighted by Gasteiger charge is -2.32. The number of piperidine rings is 1. The number of carbonyl (C=O) groups excluding carboxylic acids is 1. The zero-order valence-electron chi connectivity index (χ0n) is 11.8. The van der Waals surface area contributed by atoms with Crippen LogP contribution in [0.5, 0.6) is 0 Å². The number of fused-ring (bicyclic) bond motifs is 1. The van der Waals surface area contributed by atoms with Crippen molar-refractivity contribution in [1.82, 2.24) is 15.2 Å². The Labute approximate surface area is 129 Å². The molecule has 4 N–H and O–H groups in total. The fraction of sp³-hybridized carbons (Fsp3) is 0.571. The lowest BCUT2D eigenvalue weighted by molar-refractivity contribution is 0.0915. The van der Waals surface area contributed by atoms with Gasteiger partial charge < -0.3 is 10.7 Å². The van der Waals surface area contributed by atoms with Crippen LogP contribution in [0, 0.1) is 0 Å². The van der Waals surface area contributed by atoms with Crippen molar-refractivity contribution in [1.29, 1.82) is 0 Å². The van der Waals surface area contributed by atoms with Gasteiger partial charge in [0.25, 0.3) is 5.91 Å². The van der Waals surface area contributed by atoms with E-state index in [-0.39, 0.29) is 17.1 Å². The number of carbonyl (C=O) groups is 1. The molecular weight excluding hydrogens is 290 g/mol. The zero-order chi connectivity index (χ0) is 14.8. The summed E-state index contributed by atoms with van der Waals surface area (Å²) in [5.41, 5.74) is 2.90. The fourth-order valence-electron chi connectivity index (χ4n) is 3.37. The van der Waals surface area contributed by atoms with E-state index in [1.54, 1.807) is 12.1 Å². The van der Waals surface area contributed by atoms with Crippen molar-refractivity contribution in [3.63, 3.8) is 0 Å². The third kappa shape index (κ3) is 3.12. The molecule has 0 radical (unpaired) electrons. The molecule has 2 aliphatic rings. The Morgan fingerprint density at radius 3 is 3.00 bits per heavy atom. The van der Waals surface area contributed by atoms with Crippen molar-refractivity contribution in [2.24, 2.45) is 5.84 Å². The van der Waals surface area contributed by atoms with E-state index in [4.69, 9.17) is 17.4 Å². The molecule has 0 aromatic carbocycles. The Hall–Kier alpha value is -1.37. The van der Waals surface area contributed by atoms with Gasteiger partial charge in [-0.1, -0.05) is 18.0 Å². The summed E-state index contributed by atoms with van der Waals surface area (Å²) in [5.74, 6) is 5.60. The van der Waals surface area contributed by atoms with Gasteiger partial charge in [0.2, 0.25) is 0 Å². The average Bonchev–Trinajstić information content (AvgIpc) is 2.90. The largest absolute Gasteiger partial charge is 0.348 e. The molecule has 0 spiro atoms. The number of anilines is 1. The highest BCUT2D eigenvalue weighted by Gasteiger charge is 2.36. The number of rotatable bonds is 3. The summed E-state index contributed by atoms with van der Waals surface area (Å²) in [6.45, 7) is 2.22. The first-order valence-electron chi connectivity index (χ1n) is 7.36. The summed E-state index contributed by atoms with van der Waals surface area (Å²) in [6.07, 6.45) is 4.69. The van der Waals surface area contributed by atoms with Crippen LogP contribution in [0.1, 0.15) is 36.0 Å². The van der Waals surface area contributed by atoms with Gasteiger partial charge in [-0.2, -0.15) is 0 Å². The minimum atomic E-state index is -0.117. The van der Waals surface area contributed by atoms with Crippen molar-refractivity contribution in [2.45, 2.75) is 37.8 Å². The van der Waals surface area contributed by atoms with Gasteiger partial charge in [-0.15, -0.1) is 0 Å². The maximum absolute atomic E-state index is 12.4. The Balaban J connectivity index is 1.70. The molecule has 2 atom stereocenters. The zero-order valence-corrected chi connectivity index (χ0v) is 12.6. The first-order chi connectivity index (χ1) is 10.2. The number of hydrogen-bond acceptors (Lipinski definition) is 5. The number of amides is 1. The van der Waals surface area contributed by atoms with Crippen LogP contribution in [-0.4, -0.2) is 41.0 Å². The molecule has 114 valence electrons. The molecule has 7 heteroatoms. The van der Waals surface area contributed by atoms with Crippen molar-refractivity contribution in [2.75, 3.05) is 18.5 Å². The van der Waals surface area contributed by atoms with Crippen LogP contribution in [0.3, 0.4) is 0 Å². The van der Waals surface area contributed by atoms with Gasteiger partial charge in [-0.25, -0.2) is 10.8 Å². The van der Waals surface area contributed by atoms with Gasteiger partial charge in [0.1, 0.15) is 11.0 Å². The molecule has 1 amide bonds. The quantitative estimate of drug-likeness (QED) is 0.446. The molecule has 0 aliphatic carbocycles. The van der Waals surface area contributed by atoms with E-state index < -0.39 is 0 Å². The van der Waals surface area contributed by atoms with Gasteiger partial charge in [0.05, 0.1) is 0 Å². The number of hydrazine groups is 1. The van der Waals surface area contributed by atoms with Crippen LogP contribution in [0.15, 0.2) is 12.1 Å². The van der Waals surface area contributed by atoms with Crippen LogP contribution in [0.25, 0.3) is 0 Å². The summed E-state index contributed by atoms with van der Waals surface area (Å²) in [7, 11) is 0. The molecule has 2 fully saturated rings. The molecular formula is C14H20ClN5O. The van der Waals surface area contributed by atoms with Crippen LogP contribution in [0.2, 0.25) is 5.15 Å². The van der Waals surface area contributed by atoms with E-state index in [2.05, 4.69) is 20.6 Å². The summed E-state index contributed by atoms with van der Waals surface area (Å²) in [4.78, 5) is 18.9. The highest BCUT2D eigenvalue weighted by molar-refractivity contribution is 6.29. The number of pyridine rings is 1. The van der Waals surface area contributed by atoms with Crippen molar-refractivity contribution < 1.29 is 4.79 Å². The third-order valence-electron chi connectivity index (χ3n) is 4.38. The Morgan fingerprint density at radius 2 is 2.19 bits per heavy atom. The second kappa shape index (κ2) is 6.17. The van der Waals surface area contributed by atoms with E-state index in [0.717, 1.165) is 25.9 Å². The van der Waals surface area contributed by atoms with Crippen LogP contribution < -0.4 is 16.6 Å². The molecule has 2 unspecified atom stereocenters. The van der Waals surface area contributed by atoms with E-state index in [1.807, 2.05) is 0 Å². The van der Waals surface area contributed by atoms with Crippen molar-refractivity contribution in [3.8, 4) is 0 Å². The van der Waals surface area contributed by atoms with Crippen molar-refractivity contribution >= 4 is 23.3 Å². The fourth-order valence-corrected chi connectivity index (χ4v) is 3.58. The van der Waals surface area contributed by atoms with E-state index in [0.29, 0.717) is 17.4 Å². The minimum absolute atomic E-state index is 0.117. The van der Waals surface area contributed by atoms with Crippen LogP contribution >= 0.6 is 11.6 Å². The predicted octanol–water partition coefficient (Wildman–Crippen LogP) is 1.38. The first kappa shape index (κ1) is 14.6. The summed E-state index contributed by atoms with van der Waals surface area (Å²) in [6, 6.07) is 3.87. The van der Waals surface area contributed by atoms with Crippen LogP contribution in [0.4, 0.5) is 5.82 Å². The molecule has 3 rings (SSSR count). The Kier molecular flexibility index (Phi) is 4.28. The number of nitrogen functional groups attached to an aromatic ring is 1. The van der Waals surface area contributed by atoms with E-state index in [9.17, 15) is 4.79 Å². The summed E-state index contributed by atoms with van der Waals surface area (Å²) in [5, 5.41) is 3.39. The smallest absolute Gasteiger partial charge is 0.251 e. The second-order valence-corrected chi connectivity index (χ2v) is 6.06. The molecule has 3 heterocycles. The van der Waals surface area contributed by atoms with Gasteiger partial charge in [0, 0.05) is 24.2 Å². The standard InChI is InChI=1S/C14H20ClN5O/c15-12-7-9(8-13(18-12)19-16)14(21)17-10-4-6-20-5-2-1-3-11(10)20/h7-8,10-11H,1-6,16H2,(H,17,21)(H,18,19).